The standard InChI is InChI=1S/C20H22N6O/c27-20(18-8-4-5-9-19(18)26-15-21-23-24-26)22-17-10-12-25(13-11-17)14-16-6-2-1-3-7-16/h1-9,15,17H,10-14H2,(H,22,27). The minimum absolute atomic E-state index is 0.0809. The van der Waals surface area contributed by atoms with E-state index in [4.69, 9.17) is 0 Å². The minimum Gasteiger partial charge on any atom is -0.349 e. The normalized spacial score (nSPS) is 15.6. The fourth-order valence-corrected chi connectivity index (χ4v) is 3.48. The summed E-state index contributed by atoms with van der Waals surface area (Å²) in [4.78, 5) is 15.2. The molecule has 27 heavy (non-hydrogen) atoms. The van der Waals surface area contributed by atoms with Crippen LogP contribution in [0.4, 0.5) is 0 Å². The summed E-state index contributed by atoms with van der Waals surface area (Å²) in [5.41, 5.74) is 2.59. The van der Waals surface area contributed by atoms with Crippen LogP contribution in [0.3, 0.4) is 0 Å². The zero-order valence-electron chi connectivity index (χ0n) is 15.0. The summed E-state index contributed by atoms with van der Waals surface area (Å²) in [6.45, 7) is 2.92. The van der Waals surface area contributed by atoms with Crippen LogP contribution < -0.4 is 5.32 Å². The Kier molecular flexibility index (Phi) is 5.20. The van der Waals surface area contributed by atoms with Crippen LogP contribution in [0.2, 0.25) is 0 Å². The number of piperidine rings is 1. The number of amides is 1. The van der Waals surface area contributed by atoms with E-state index in [1.54, 1.807) is 6.07 Å². The molecule has 0 aliphatic carbocycles. The summed E-state index contributed by atoms with van der Waals surface area (Å²) in [6, 6.07) is 18.1. The van der Waals surface area contributed by atoms with Crippen LogP contribution in [-0.4, -0.2) is 50.1 Å². The molecule has 138 valence electrons. The highest BCUT2D eigenvalue weighted by Gasteiger charge is 2.22. The molecule has 0 radical (unpaired) electrons. The third-order valence-electron chi connectivity index (χ3n) is 4.92. The summed E-state index contributed by atoms with van der Waals surface area (Å²) in [5, 5.41) is 14.4. The van der Waals surface area contributed by atoms with E-state index in [9.17, 15) is 4.79 Å². The quantitative estimate of drug-likeness (QED) is 0.752. The highest BCUT2D eigenvalue weighted by molar-refractivity contribution is 5.97. The Morgan fingerprint density at radius 3 is 2.52 bits per heavy atom. The molecule has 1 saturated heterocycles. The van der Waals surface area contributed by atoms with Crippen LogP contribution in [0.25, 0.3) is 5.69 Å². The number of nitrogens with one attached hydrogen (secondary N) is 1. The molecule has 1 amide bonds. The van der Waals surface area contributed by atoms with E-state index < -0.39 is 0 Å². The highest BCUT2D eigenvalue weighted by atomic mass is 16.1. The Bertz CT molecular complexity index is 873. The van der Waals surface area contributed by atoms with Gasteiger partial charge in [0.25, 0.3) is 5.91 Å². The number of likely N-dealkylation sites (tertiary alicyclic amines) is 1. The Hall–Kier alpha value is -3.06. The Balaban J connectivity index is 1.35. The monoisotopic (exact) mass is 362 g/mol. The van der Waals surface area contributed by atoms with E-state index >= 15 is 0 Å². The molecule has 2 aromatic carbocycles. The zero-order valence-corrected chi connectivity index (χ0v) is 15.0. The number of benzene rings is 2. The van der Waals surface area contributed by atoms with Gasteiger partial charge in [-0.05, 0) is 41.0 Å². The molecule has 0 spiro atoms. The second kappa shape index (κ2) is 8.09. The van der Waals surface area contributed by atoms with Gasteiger partial charge in [0.05, 0.1) is 11.3 Å². The molecule has 4 rings (SSSR count). The van der Waals surface area contributed by atoms with Crippen LogP contribution in [-0.2, 0) is 6.54 Å². The number of para-hydroxylation sites is 1. The summed E-state index contributed by atoms with van der Waals surface area (Å²) >= 11 is 0. The van der Waals surface area contributed by atoms with Gasteiger partial charge in [0.2, 0.25) is 0 Å². The summed E-state index contributed by atoms with van der Waals surface area (Å²) in [5.74, 6) is -0.0809. The molecule has 0 atom stereocenters. The Labute approximate surface area is 158 Å². The van der Waals surface area contributed by atoms with Gasteiger partial charge in [-0.15, -0.1) is 5.10 Å². The molecule has 7 heteroatoms. The molecule has 7 nitrogen and oxygen atoms in total. The van der Waals surface area contributed by atoms with Gasteiger partial charge in [-0.1, -0.05) is 42.5 Å². The molecule has 0 saturated carbocycles. The van der Waals surface area contributed by atoms with Crippen LogP contribution >= 0.6 is 0 Å². The predicted molar refractivity (Wildman–Crippen MR) is 101 cm³/mol. The van der Waals surface area contributed by atoms with Crippen molar-refractivity contribution in [3.05, 3.63) is 72.1 Å². The molecule has 2 heterocycles. The summed E-state index contributed by atoms with van der Waals surface area (Å²) in [6.07, 6.45) is 3.39. The topological polar surface area (TPSA) is 75.9 Å². The molecule has 0 unspecified atom stereocenters. The molecular weight excluding hydrogens is 340 g/mol. The number of hydrogen-bond acceptors (Lipinski definition) is 5. The molecule has 1 aromatic heterocycles. The number of carbonyl (C=O) groups is 1. The average molecular weight is 362 g/mol. The molecule has 0 bridgehead atoms. The second-order valence-corrected chi connectivity index (χ2v) is 6.78. The number of hydrogen-bond donors (Lipinski definition) is 1. The van der Waals surface area contributed by atoms with Gasteiger partial charge in [-0.2, -0.15) is 4.68 Å². The van der Waals surface area contributed by atoms with Gasteiger partial charge in [-0.25, -0.2) is 0 Å². The molecule has 1 N–H and O–H groups in total. The molecule has 1 fully saturated rings. The van der Waals surface area contributed by atoms with Gasteiger partial charge < -0.3 is 5.32 Å². The van der Waals surface area contributed by atoms with Crippen molar-refractivity contribution in [1.29, 1.82) is 0 Å². The molecule has 1 aliphatic heterocycles. The van der Waals surface area contributed by atoms with Gasteiger partial charge in [0.1, 0.15) is 6.33 Å². The van der Waals surface area contributed by atoms with E-state index in [0.717, 1.165) is 32.5 Å². The maximum atomic E-state index is 12.8. The first-order valence-corrected chi connectivity index (χ1v) is 9.19. The van der Waals surface area contributed by atoms with E-state index in [-0.39, 0.29) is 11.9 Å². The SMILES string of the molecule is O=C(NC1CCN(Cc2ccccc2)CC1)c1ccccc1-n1cnnn1. The highest BCUT2D eigenvalue weighted by Crippen LogP contribution is 2.16. The fourth-order valence-electron chi connectivity index (χ4n) is 3.48. The van der Waals surface area contributed by atoms with Crippen LogP contribution in [0.1, 0.15) is 28.8 Å². The predicted octanol–water partition coefficient (Wildman–Crippen LogP) is 2.06. The van der Waals surface area contributed by atoms with Crippen molar-refractivity contribution in [1.82, 2.24) is 30.4 Å². The van der Waals surface area contributed by atoms with Gasteiger partial charge in [0, 0.05) is 25.7 Å². The van der Waals surface area contributed by atoms with E-state index in [1.807, 2.05) is 24.3 Å². The number of tetrazole rings is 1. The van der Waals surface area contributed by atoms with Crippen molar-refractivity contribution in [2.75, 3.05) is 13.1 Å². The summed E-state index contributed by atoms with van der Waals surface area (Å²) < 4.78 is 1.51. The average Bonchev–Trinajstić information content (AvgIpc) is 3.25. The maximum absolute atomic E-state index is 12.8. The van der Waals surface area contributed by atoms with Gasteiger partial charge in [-0.3, -0.25) is 9.69 Å². The smallest absolute Gasteiger partial charge is 0.253 e. The lowest BCUT2D eigenvalue weighted by Gasteiger charge is -2.32. The van der Waals surface area contributed by atoms with Crippen LogP contribution in [0, 0.1) is 0 Å². The van der Waals surface area contributed by atoms with Crippen LogP contribution in [0.15, 0.2) is 60.9 Å². The van der Waals surface area contributed by atoms with Crippen molar-refractivity contribution < 1.29 is 4.79 Å². The van der Waals surface area contributed by atoms with Crippen molar-refractivity contribution in [3.63, 3.8) is 0 Å². The van der Waals surface area contributed by atoms with E-state index in [0.29, 0.717) is 11.3 Å². The summed E-state index contributed by atoms with van der Waals surface area (Å²) in [7, 11) is 0. The lowest BCUT2D eigenvalue weighted by atomic mass is 10.0. The number of aromatic nitrogens is 4. The fraction of sp³-hybridized carbons (Fsp3) is 0.300. The number of carbonyl (C=O) groups excluding carboxylic acids is 1. The zero-order chi connectivity index (χ0) is 18.5. The lowest BCUT2D eigenvalue weighted by Crippen LogP contribution is -2.44. The first kappa shape index (κ1) is 17.4. The molecule has 1 aliphatic rings. The van der Waals surface area contributed by atoms with E-state index in [2.05, 4.69) is 50.0 Å². The van der Waals surface area contributed by atoms with Crippen molar-refractivity contribution >= 4 is 5.91 Å². The van der Waals surface area contributed by atoms with E-state index in [1.165, 1.54) is 16.6 Å². The minimum atomic E-state index is -0.0809. The number of rotatable bonds is 5. The number of nitrogens with zero attached hydrogens (tertiary/aromatic N) is 5. The third-order valence-corrected chi connectivity index (χ3v) is 4.92. The molecule has 3 aromatic rings. The third kappa shape index (κ3) is 4.20. The van der Waals surface area contributed by atoms with Crippen molar-refractivity contribution in [3.8, 4) is 5.69 Å². The first-order valence-electron chi connectivity index (χ1n) is 9.19. The van der Waals surface area contributed by atoms with Gasteiger partial charge >= 0.3 is 0 Å². The molecular formula is C20H22N6O. The Morgan fingerprint density at radius 1 is 1.04 bits per heavy atom. The second-order valence-electron chi connectivity index (χ2n) is 6.78. The largest absolute Gasteiger partial charge is 0.349 e. The lowest BCUT2D eigenvalue weighted by molar-refractivity contribution is 0.0909. The van der Waals surface area contributed by atoms with Crippen molar-refractivity contribution in [2.24, 2.45) is 0 Å². The maximum Gasteiger partial charge on any atom is 0.253 e. The van der Waals surface area contributed by atoms with Crippen LogP contribution in [0.5, 0.6) is 0 Å². The Morgan fingerprint density at radius 2 is 1.78 bits per heavy atom. The van der Waals surface area contributed by atoms with Gasteiger partial charge in [0.15, 0.2) is 0 Å². The van der Waals surface area contributed by atoms with Crippen molar-refractivity contribution in [2.45, 2.75) is 25.4 Å². The first-order chi connectivity index (χ1) is 13.3.